The first kappa shape index (κ1) is 11.6. The number of carbonyl (C=O) groups is 1. The number of hydrogen-bond acceptors (Lipinski definition) is 3. The molecule has 0 amide bonds. The topological polar surface area (TPSA) is 50.2 Å². The van der Waals surface area contributed by atoms with Gasteiger partial charge >= 0.3 is 0 Å². The Morgan fingerprint density at radius 1 is 1.18 bits per heavy atom. The largest absolute Gasteiger partial charge is 0.507 e. The Kier molecular flexibility index (Phi) is 2.62. The Labute approximate surface area is 100 Å². The van der Waals surface area contributed by atoms with Crippen molar-refractivity contribution in [3.63, 3.8) is 0 Å². The number of phenolic OH excluding ortho intramolecular Hbond substituents is 1. The zero-order valence-electron chi connectivity index (χ0n) is 10.2. The molecule has 0 unspecified atom stereocenters. The molecule has 3 heteroatoms. The van der Waals surface area contributed by atoms with E-state index >= 15 is 0 Å². The van der Waals surface area contributed by atoms with Gasteiger partial charge < -0.3 is 5.11 Å². The molecule has 17 heavy (non-hydrogen) atoms. The molecule has 0 saturated carbocycles. The van der Waals surface area contributed by atoms with Gasteiger partial charge in [0.1, 0.15) is 5.75 Å². The maximum absolute atomic E-state index is 12.3. The third-order valence-corrected chi connectivity index (χ3v) is 2.72. The van der Waals surface area contributed by atoms with Crippen LogP contribution in [0.25, 0.3) is 10.8 Å². The van der Waals surface area contributed by atoms with Crippen LogP contribution in [0.1, 0.15) is 31.1 Å². The smallest absolute Gasteiger partial charge is 0.168 e. The normalized spacial score (nSPS) is 11.7. The molecule has 2 aromatic rings. The van der Waals surface area contributed by atoms with Crippen molar-refractivity contribution in [3.8, 4) is 5.75 Å². The highest BCUT2D eigenvalue weighted by atomic mass is 16.3. The number of phenols is 1. The van der Waals surface area contributed by atoms with Crippen molar-refractivity contribution in [1.29, 1.82) is 0 Å². The van der Waals surface area contributed by atoms with E-state index in [9.17, 15) is 9.90 Å². The molecular formula is C14H15NO2. The molecule has 2 rings (SSSR count). The molecule has 1 aromatic heterocycles. The minimum absolute atomic E-state index is 0.0514. The molecular weight excluding hydrogens is 214 g/mol. The maximum Gasteiger partial charge on any atom is 0.168 e. The highest BCUT2D eigenvalue weighted by molar-refractivity contribution is 6.11. The molecule has 0 aliphatic heterocycles. The number of pyridine rings is 1. The van der Waals surface area contributed by atoms with Crippen LogP contribution in [0, 0.1) is 5.41 Å². The fourth-order valence-electron chi connectivity index (χ4n) is 1.78. The van der Waals surface area contributed by atoms with Crippen LogP contribution < -0.4 is 0 Å². The first-order valence-electron chi connectivity index (χ1n) is 5.52. The Morgan fingerprint density at radius 2 is 1.88 bits per heavy atom. The van der Waals surface area contributed by atoms with E-state index in [4.69, 9.17) is 0 Å². The van der Waals surface area contributed by atoms with Crippen LogP contribution in [0.2, 0.25) is 0 Å². The van der Waals surface area contributed by atoms with E-state index in [1.54, 1.807) is 30.6 Å². The van der Waals surface area contributed by atoms with Gasteiger partial charge in [0, 0.05) is 34.1 Å². The van der Waals surface area contributed by atoms with Crippen LogP contribution in [0.5, 0.6) is 5.75 Å². The van der Waals surface area contributed by atoms with Crippen LogP contribution >= 0.6 is 0 Å². The molecule has 0 aliphatic rings. The Hall–Kier alpha value is -1.90. The molecule has 1 N–H and O–H groups in total. The summed E-state index contributed by atoms with van der Waals surface area (Å²) in [5.41, 5.74) is 0.165. The van der Waals surface area contributed by atoms with Crippen molar-refractivity contribution in [3.05, 3.63) is 36.2 Å². The summed E-state index contributed by atoms with van der Waals surface area (Å²) in [5, 5.41) is 11.1. The number of ketones is 1. The van der Waals surface area contributed by atoms with E-state index in [2.05, 4.69) is 4.98 Å². The van der Waals surface area contributed by atoms with Crippen molar-refractivity contribution in [2.75, 3.05) is 0 Å². The van der Waals surface area contributed by atoms with Crippen LogP contribution in [0.15, 0.2) is 30.6 Å². The van der Waals surface area contributed by atoms with E-state index in [1.165, 1.54) is 0 Å². The van der Waals surface area contributed by atoms with Gasteiger partial charge in [-0.05, 0) is 18.2 Å². The number of fused-ring (bicyclic) bond motifs is 1. The molecule has 1 heterocycles. The lowest BCUT2D eigenvalue weighted by Gasteiger charge is -2.18. The number of benzene rings is 1. The van der Waals surface area contributed by atoms with E-state index in [-0.39, 0.29) is 11.5 Å². The summed E-state index contributed by atoms with van der Waals surface area (Å²) in [5.74, 6) is 0.225. The van der Waals surface area contributed by atoms with Gasteiger partial charge in [-0.15, -0.1) is 0 Å². The third kappa shape index (κ3) is 2.00. The predicted molar refractivity (Wildman–Crippen MR) is 67.2 cm³/mol. The van der Waals surface area contributed by atoms with Gasteiger partial charge in [0.15, 0.2) is 5.78 Å². The van der Waals surface area contributed by atoms with Gasteiger partial charge in [0.05, 0.1) is 0 Å². The summed E-state index contributed by atoms with van der Waals surface area (Å²) >= 11 is 0. The van der Waals surface area contributed by atoms with Gasteiger partial charge in [-0.1, -0.05) is 20.8 Å². The Bertz CT molecular complexity index is 582. The van der Waals surface area contributed by atoms with Gasteiger partial charge in [-0.3, -0.25) is 9.78 Å². The number of rotatable bonds is 1. The highest BCUT2D eigenvalue weighted by Crippen LogP contribution is 2.30. The van der Waals surface area contributed by atoms with Crippen LogP contribution in [-0.4, -0.2) is 15.9 Å². The summed E-state index contributed by atoms with van der Waals surface area (Å²) in [6, 6.07) is 4.93. The molecule has 0 fully saturated rings. The quantitative estimate of drug-likeness (QED) is 0.764. The number of carbonyl (C=O) groups excluding carboxylic acids is 1. The summed E-state index contributed by atoms with van der Waals surface area (Å²) in [4.78, 5) is 16.3. The van der Waals surface area contributed by atoms with Gasteiger partial charge in [-0.2, -0.15) is 0 Å². The van der Waals surface area contributed by atoms with Gasteiger partial charge in [0.25, 0.3) is 0 Å². The lowest BCUT2D eigenvalue weighted by molar-refractivity contribution is 0.0860. The summed E-state index contributed by atoms with van der Waals surface area (Å²) in [6.07, 6.45) is 3.22. The average Bonchev–Trinajstić information content (AvgIpc) is 2.28. The summed E-state index contributed by atoms with van der Waals surface area (Å²) < 4.78 is 0. The molecule has 1 aromatic carbocycles. The first-order valence-corrected chi connectivity index (χ1v) is 5.52. The van der Waals surface area contributed by atoms with Crippen molar-refractivity contribution in [2.24, 2.45) is 5.41 Å². The molecule has 0 spiro atoms. The van der Waals surface area contributed by atoms with E-state index in [0.717, 1.165) is 0 Å². The van der Waals surface area contributed by atoms with Crippen LogP contribution in [-0.2, 0) is 0 Å². The van der Waals surface area contributed by atoms with Crippen LogP contribution in [0.3, 0.4) is 0 Å². The van der Waals surface area contributed by atoms with Gasteiger partial charge in [-0.25, -0.2) is 0 Å². The minimum Gasteiger partial charge on any atom is -0.507 e. The lowest BCUT2D eigenvalue weighted by Crippen LogP contribution is -2.20. The molecule has 0 aliphatic carbocycles. The third-order valence-electron chi connectivity index (χ3n) is 2.72. The van der Waals surface area contributed by atoms with Crippen molar-refractivity contribution in [2.45, 2.75) is 20.8 Å². The fourth-order valence-corrected chi connectivity index (χ4v) is 1.78. The molecule has 88 valence electrons. The molecule has 3 nitrogen and oxygen atoms in total. The number of hydrogen-bond donors (Lipinski definition) is 1. The molecule has 0 radical (unpaired) electrons. The molecule has 0 saturated heterocycles. The fraction of sp³-hybridized carbons (Fsp3) is 0.286. The van der Waals surface area contributed by atoms with Crippen molar-refractivity contribution >= 4 is 16.6 Å². The zero-order chi connectivity index (χ0) is 12.6. The minimum atomic E-state index is -0.445. The standard InChI is InChI=1S/C14H15NO2/c1-14(2,3)13(17)10-4-5-12(16)9-6-7-15-8-11(9)10/h4-8,16H,1-3H3. The second kappa shape index (κ2) is 3.84. The Morgan fingerprint density at radius 3 is 2.53 bits per heavy atom. The SMILES string of the molecule is CC(C)(C)C(=O)c1ccc(O)c2ccncc12. The highest BCUT2D eigenvalue weighted by Gasteiger charge is 2.24. The lowest BCUT2D eigenvalue weighted by atomic mass is 9.85. The molecule has 0 bridgehead atoms. The molecule has 0 atom stereocenters. The van der Waals surface area contributed by atoms with Gasteiger partial charge in [0.2, 0.25) is 0 Å². The zero-order valence-corrected chi connectivity index (χ0v) is 10.2. The number of aromatic nitrogens is 1. The second-order valence-electron chi connectivity index (χ2n) is 5.13. The van der Waals surface area contributed by atoms with Crippen LogP contribution in [0.4, 0.5) is 0 Å². The van der Waals surface area contributed by atoms with E-state index in [1.807, 2.05) is 20.8 Å². The van der Waals surface area contributed by atoms with Crippen molar-refractivity contribution in [1.82, 2.24) is 4.98 Å². The summed E-state index contributed by atoms with van der Waals surface area (Å²) in [7, 11) is 0. The Balaban J connectivity index is 2.72. The second-order valence-corrected chi connectivity index (χ2v) is 5.13. The first-order chi connectivity index (χ1) is 7.91. The summed E-state index contributed by atoms with van der Waals surface area (Å²) in [6.45, 7) is 5.64. The average molecular weight is 229 g/mol. The monoisotopic (exact) mass is 229 g/mol. The number of Topliss-reactive ketones (excluding diaryl/α,β-unsaturated/α-hetero) is 1. The van der Waals surface area contributed by atoms with E-state index < -0.39 is 5.41 Å². The number of aromatic hydroxyl groups is 1. The van der Waals surface area contributed by atoms with E-state index in [0.29, 0.717) is 16.3 Å². The predicted octanol–water partition coefficient (Wildman–Crippen LogP) is 3.17. The van der Waals surface area contributed by atoms with Crippen molar-refractivity contribution < 1.29 is 9.90 Å². The number of nitrogens with zero attached hydrogens (tertiary/aromatic N) is 1. The maximum atomic E-state index is 12.3.